The van der Waals surface area contributed by atoms with Crippen molar-refractivity contribution in [2.75, 3.05) is 32.8 Å². The van der Waals surface area contributed by atoms with Gasteiger partial charge in [0.2, 0.25) is 11.8 Å². The Morgan fingerprint density at radius 1 is 0.939 bits per heavy atom. The van der Waals surface area contributed by atoms with Crippen LogP contribution in [0.5, 0.6) is 0 Å². The number of aliphatic hydroxyl groups is 2. The standard InChI is InChI=1S/C31H47ClN8O9/c1-18(2)8-5-4-6-9-21-28(46)40-24(12-19(32)14-34-40)29(47)39-22(10-7-11-33-39)27(45)37-31(3,17-41)30(48)49-16-25(43)38-23(26(44)36-21)13-20(42)15-35-38/h4-6,8,18-24,33-35,41-42H,7,9-17H2,1-3H3,(H,36,44)(H,37,45)/b6-4+,8-5+/t19-,20+,21-,22?,23+,24+,31-/m0/s1. The van der Waals surface area contributed by atoms with Gasteiger partial charge in [-0.2, -0.15) is 0 Å². The maximum Gasteiger partial charge on any atom is 0.334 e. The number of hydrogen-bond acceptors (Lipinski definition) is 12. The average molecular weight is 711 g/mol. The van der Waals surface area contributed by atoms with Crippen LogP contribution < -0.4 is 26.9 Å². The van der Waals surface area contributed by atoms with E-state index in [1.165, 1.54) is 6.92 Å². The number of cyclic esters (lactones) is 1. The molecule has 7 atom stereocenters. The number of nitrogens with zero attached hydrogens (tertiary/aromatic N) is 3. The van der Waals surface area contributed by atoms with Crippen LogP contribution in [0.15, 0.2) is 24.3 Å². The Hall–Kier alpha value is -3.61. The summed E-state index contributed by atoms with van der Waals surface area (Å²) in [6.45, 7) is 3.81. The third-order valence-corrected chi connectivity index (χ3v) is 9.01. The summed E-state index contributed by atoms with van der Waals surface area (Å²) in [6, 6.07) is -4.92. The van der Waals surface area contributed by atoms with Gasteiger partial charge in [0.25, 0.3) is 17.7 Å². The molecule has 0 aromatic rings. The van der Waals surface area contributed by atoms with Crippen LogP contribution >= 0.6 is 11.6 Å². The van der Waals surface area contributed by atoms with Gasteiger partial charge in [-0.25, -0.2) is 21.1 Å². The van der Waals surface area contributed by atoms with Gasteiger partial charge in [0, 0.05) is 26.1 Å². The molecule has 0 aromatic carbocycles. The zero-order valence-corrected chi connectivity index (χ0v) is 28.6. The van der Waals surface area contributed by atoms with Crippen LogP contribution in [-0.2, 0) is 33.5 Å². The topological polar surface area (TPSA) is 222 Å². The molecule has 4 saturated heterocycles. The van der Waals surface area contributed by atoms with Crippen LogP contribution in [0.25, 0.3) is 0 Å². The summed E-state index contributed by atoms with van der Waals surface area (Å²) in [5, 5.41) is 28.3. The summed E-state index contributed by atoms with van der Waals surface area (Å²) in [7, 11) is 0. The maximum absolute atomic E-state index is 14.3. The molecule has 18 heteroatoms. The van der Waals surface area contributed by atoms with E-state index >= 15 is 0 Å². The van der Waals surface area contributed by atoms with E-state index in [2.05, 4.69) is 26.9 Å². The smallest absolute Gasteiger partial charge is 0.334 e. The summed E-state index contributed by atoms with van der Waals surface area (Å²) >= 11 is 6.47. The number of carbonyl (C=O) groups excluding carboxylic acids is 6. The van der Waals surface area contributed by atoms with E-state index in [4.69, 9.17) is 16.3 Å². The molecule has 4 fully saturated rings. The Labute approximate surface area is 289 Å². The summed E-state index contributed by atoms with van der Waals surface area (Å²) in [4.78, 5) is 82.3. The number of hydrazine groups is 3. The van der Waals surface area contributed by atoms with E-state index in [0.29, 0.717) is 13.0 Å². The average Bonchev–Trinajstić information content (AvgIpc) is 3.08. The Bertz CT molecular complexity index is 1330. The molecule has 1 unspecified atom stereocenters. The molecule has 7 N–H and O–H groups in total. The summed E-state index contributed by atoms with van der Waals surface area (Å²) in [5.74, 6) is -4.59. The van der Waals surface area contributed by atoms with Crippen molar-refractivity contribution in [1.82, 2.24) is 41.9 Å². The number of carbonyl (C=O) groups is 6. The third-order valence-electron chi connectivity index (χ3n) is 8.68. The number of allylic oxidation sites excluding steroid dienone is 3. The van der Waals surface area contributed by atoms with Gasteiger partial charge in [-0.1, -0.05) is 38.2 Å². The van der Waals surface area contributed by atoms with Gasteiger partial charge in [-0.15, -0.1) is 11.6 Å². The number of fused-ring (bicyclic) bond motifs is 3. The Morgan fingerprint density at radius 2 is 1.65 bits per heavy atom. The molecule has 4 aliphatic heterocycles. The van der Waals surface area contributed by atoms with Crippen molar-refractivity contribution in [2.45, 2.75) is 94.1 Å². The first kappa shape index (κ1) is 38.2. The lowest BCUT2D eigenvalue weighted by Gasteiger charge is -2.44. The van der Waals surface area contributed by atoms with Gasteiger partial charge < -0.3 is 25.6 Å². The van der Waals surface area contributed by atoms with Crippen molar-refractivity contribution in [3.63, 3.8) is 0 Å². The van der Waals surface area contributed by atoms with Crippen molar-refractivity contribution >= 4 is 47.1 Å². The van der Waals surface area contributed by atoms with Crippen molar-refractivity contribution < 1.29 is 43.7 Å². The minimum absolute atomic E-state index is 0.00258. The Morgan fingerprint density at radius 3 is 2.37 bits per heavy atom. The zero-order chi connectivity index (χ0) is 35.9. The highest BCUT2D eigenvalue weighted by Crippen LogP contribution is 2.23. The lowest BCUT2D eigenvalue weighted by Crippen LogP contribution is -2.70. The predicted molar refractivity (Wildman–Crippen MR) is 174 cm³/mol. The molecule has 5 amide bonds. The van der Waals surface area contributed by atoms with Crippen molar-refractivity contribution in [1.29, 1.82) is 0 Å². The van der Waals surface area contributed by atoms with Gasteiger partial charge in [-0.05, 0) is 38.5 Å². The van der Waals surface area contributed by atoms with E-state index < -0.39 is 89.9 Å². The van der Waals surface area contributed by atoms with Crippen LogP contribution in [-0.4, -0.2) is 135 Å². The molecule has 0 saturated carbocycles. The number of halogens is 1. The molecule has 0 aromatic heterocycles. The number of esters is 1. The fourth-order valence-electron chi connectivity index (χ4n) is 5.91. The highest BCUT2D eigenvalue weighted by molar-refractivity contribution is 6.21. The van der Waals surface area contributed by atoms with Crippen molar-refractivity contribution in [3.05, 3.63) is 24.3 Å². The van der Waals surface area contributed by atoms with Crippen LogP contribution in [0.1, 0.15) is 52.9 Å². The third kappa shape index (κ3) is 9.34. The van der Waals surface area contributed by atoms with Crippen LogP contribution in [0.3, 0.4) is 0 Å². The summed E-state index contributed by atoms with van der Waals surface area (Å²) < 4.78 is 5.20. The van der Waals surface area contributed by atoms with Gasteiger partial charge in [0.15, 0.2) is 12.1 Å². The maximum atomic E-state index is 14.3. The Balaban J connectivity index is 1.75. The van der Waals surface area contributed by atoms with Gasteiger partial charge >= 0.3 is 5.97 Å². The molecule has 0 aliphatic carbocycles. The molecular formula is C31H47ClN8O9. The van der Waals surface area contributed by atoms with E-state index in [9.17, 15) is 39.0 Å². The lowest BCUT2D eigenvalue weighted by molar-refractivity contribution is -0.166. The highest BCUT2D eigenvalue weighted by Gasteiger charge is 2.47. The fraction of sp³-hybridized carbons (Fsp3) is 0.677. The number of aliphatic hydroxyl groups excluding tert-OH is 2. The first-order valence-corrected chi connectivity index (χ1v) is 16.9. The number of alkyl halides is 1. The van der Waals surface area contributed by atoms with Crippen LogP contribution in [0, 0.1) is 5.92 Å². The zero-order valence-electron chi connectivity index (χ0n) is 27.9. The highest BCUT2D eigenvalue weighted by atomic mass is 35.5. The SMILES string of the molecule is CC(C)/C=C/C=C/C[C@@H]1NC(=O)[C@H]2C[C@@H](O)CNN2C(=O)COC(=O)[C@](C)(CO)NC(=O)C2CCCNN2C(=O)[C@H]2C[C@H](Cl)CNN2C1=O. The van der Waals surface area contributed by atoms with E-state index in [-0.39, 0.29) is 44.7 Å². The van der Waals surface area contributed by atoms with Crippen molar-refractivity contribution in [2.24, 2.45) is 5.92 Å². The molecule has 272 valence electrons. The first-order valence-electron chi connectivity index (χ1n) is 16.5. The van der Waals surface area contributed by atoms with Crippen molar-refractivity contribution in [3.8, 4) is 0 Å². The largest absolute Gasteiger partial charge is 0.454 e. The van der Waals surface area contributed by atoms with E-state index in [0.717, 1.165) is 15.0 Å². The molecule has 0 spiro atoms. The Kier molecular flexibility index (Phi) is 13.1. The first-order chi connectivity index (χ1) is 23.2. The molecule has 4 heterocycles. The van der Waals surface area contributed by atoms with Crippen LogP contribution in [0.4, 0.5) is 0 Å². The fourth-order valence-corrected chi connectivity index (χ4v) is 6.14. The second kappa shape index (κ2) is 16.9. The second-order valence-electron chi connectivity index (χ2n) is 13.1. The van der Waals surface area contributed by atoms with Gasteiger partial charge in [0.1, 0.15) is 24.2 Å². The molecule has 4 aliphatic rings. The summed E-state index contributed by atoms with van der Waals surface area (Å²) in [6.07, 6.45) is 6.62. The number of ether oxygens (including phenoxy) is 1. The minimum atomic E-state index is -2.00. The lowest BCUT2D eigenvalue weighted by atomic mass is 9.99. The van der Waals surface area contributed by atoms with Gasteiger partial charge in [0.05, 0.1) is 18.1 Å². The molecule has 4 rings (SSSR count). The molecule has 49 heavy (non-hydrogen) atoms. The molecule has 0 radical (unpaired) electrons. The second-order valence-corrected chi connectivity index (χ2v) is 13.8. The number of β-amino-alcohol motifs (C(OH)–C–C–N with tert-alkyl or cyclic N) is 1. The molecular weight excluding hydrogens is 664 g/mol. The van der Waals surface area contributed by atoms with E-state index in [1.807, 2.05) is 19.9 Å². The van der Waals surface area contributed by atoms with E-state index in [1.54, 1.807) is 18.2 Å². The monoisotopic (exact) mass is 710 g/mol. The van der Waals surface area contributed by atoms with Crippen LogP contribution in [0.2, 0.25) is 0 Å². The number of amides is 5. The molecule has 0 bridgehead atoms. The normalized spacial score (nSPS) is 33.1. The number of nitrogens with one attached hydrogen (secondary N) is 5. The van der Waals surface area contributed by atoms with Gasteiger partial charge in [-0.3, -0.25) is 39.0 Å². The predicted octanol–water partition coefficient (Wildman–Crippen LogP) is -2.27. The number of hydrogen-bond donors (Lipinski definition) is 7. The number of rotatable bonds is 5. The quantitative estimate of drug-likeness (QED) is 0.0912. The molecule has 17 nitrogen and oxygen atoms in total. The summed E-state index contributed by atoms with van der Waals surface area (Å²) in [5.41, 5.74) is 6.51. The minimum Gasteiger partial charge on any atom is -0.454 e.